The summed E-state index contributed by atoms with van der Waals surface area (Å²) in [6.45, 7) is 18.3. The van der Waals surface area contributed by atoms with E-state index in [1.54, 1.807) is 11.1 Å². The van der Waals surface area contributed by atoms with Crippen molar-refractivity contribution >= 4 is 56.1 Å². The Kier molecular flexibility index (Phi) is 39.7. The van der Waals surface area contributed by atoms with Gasteiger partial charge >= 0.3 is 11.9 Å². The number of aliphatic carboxylic acids is 2. The number of carbonyl (C=O) groups is 2. The van der Waals surface area contributed by atoms with Crippen LogP contribution in [0.25, 0.3) is 89.7 Å². The molecule has 112 heavy (non-hydrogen) atoms. The largest absolute Gasteiger partial charge is 0.481 e. The van der Waals surface area contributed by atoms with Crippen LogP contribution in [0.15, 0.2) is 54.6 Å². The van der Waals surface area contributed by atoms with Crippen LogP contribution in [0.3, 0.4) is 0 Å². The fourth-order valence-corrected chi connectivity index (χ4v) is 18.6. The molecule has 3 N–H and O–H groups in total. The van der Waals surface area contributed by atoms with Crippen LogP contribution in [-0.2, 0) is 48.2 Å². The van der Waals surface area contributed by atoms with Crippen LogP contribution < -0.4 is 0 Å². The third kappa shape index (κ3) is 25.1. The van der Waals surface area contributed by atoms with Gasteiger partial charge in [-0.2, -0.15) is 0 Å². The molecule has 2 aliphatic heterocycles. The second kappa shape index (κ2) is 49.8. The summed E-state index contributed by atoms with van der Waals surface area (Å²) in [5.41, 5.74) is 14.4. The quantitative estimate of drug-likeness (QED) is 0.0312. The molecule has 2 atom stereocenters. The number of nitrogens with one attached hydrogen (secondary N) is 1. The van der Waals surface area contributed by atoms with Crippen molar-refractivity contribution in [3.8, 4) is 45.6 Å². The van der Waals surface area contributed by atoms with Gasteiger partial charge in [0.2, 0.25) is 0 Å². The number of aryl methyl sites for hydroxylation is 3. The van der Waals surface area contributed by atoms with Crippen molar-refractivity contribution in [1.82, 2.24) is 39.5 Å². The highest BCUT2D eigenvalue weighted by atomic mass is 16.4. The normalized spacial score (nSPS) is 12.6. The summed E-state index contributed by atoms with van der Waals surface area (Å²) in [6, 6.07) is 19.1. The van der Waals surface area contributed by atoms with Crippen molar-refractivity contribution in [2.24, 2.45) is 0 Å². The molecule has 9 rings (SSSR count). The van der Waals surface area contributed by atoms with E-state index in [2.05, 4.69) is 99.6 Å². The lowest BCUT2D eigenvalue weighted by molar-refractivity contribution is -0.140. The van der Waals surface area contributed by atoms with E-state index in [1.165, 1.54) is 248 Å². The summed E-state index contributed by atoms with van der Waals surface area (Å²) in [6.07, 6.45) is 63.0. The van der Waals surface area contributed by atoms with Gasteiger partial charge in [-0.25, -0.2) is 29.9 Å². The van der Waals surface area contributed by atoms with E-state index in [0.717, 1.165) is 164 Å². The number of aromatic amines is 1. The number of carboxylic acid groups (broad SMARTS) is 2. The molecule has 0 amide bonds. The molecule has 0 aliphatic carbocycles. The van der Waals surface area contributed by atoms with E-state index < -0.39 is 23.8 Å². The summed E-state index contributed by atoms with van der Waals surface area (Å²) in [5, 5.41) is 27.4. The molecule has 8 bridgehead atoms. The molecule has 12 nitrogen and oxygen atoms in total. The van der Waals surface area contributed by atoms with Crippen LogP contribution in [0.2, 0.25) is 0 Å². The Hall–Kier alpha value is -6.82. The number of fused-ring (bicyclic) bond motifs is 20. The Labute approximate surface area is 677 Å². The highest BCUT2D eigenvalue weighted by Gasteiger charge is 2.37. The van der Waals surface area contributed by atoms with Gasteiger partial charge in [-0.05, 0) is 128 Å². The number of rotatable bonds is 60. The third-order valence-corrected chi connectivity index (χ3v) is 25.0. The maximum absolute atomic E-state index is 14.3. The zero-order chi connectivity index (χ0) is 79.1. The van der Waals surface area contributed by atoms with E-state index in [4.69, 9.17) is 29.9 Å². The minimum absolute atomic E-state index is 0.286. The number of benzene rings is 4. The predicted molar refractivity (Wildman–Crippen MR) is 475 cm³/mol. The van der Waals surface area contributed by atoms with Crippen LogP contribution in [-0.4, -0.2) is 61.6 Å². The summed E-state index contributed by atoms with van der Waals surface area (Å²) < 4.78 is 2.31. The summed E-state index contributed by atoms with van der Waals surface area (Å²) in [5.74, 6) is -1.65. The van der Waals surface area contributed by atoms with Crippen molar-refractivity contribution in [3.05, 3.63) is 93.5 Å². The fraction of sp³-hybridized carbons (Fsp3) is 0.660. The molecule has 3 aromatic heterocycles. The molecule has 0 saturated carbocycles. The molecule has 0 saturated heterocycles. The Morgan fingerprint density at radius 2 is 0.634 bits per heavy atom. The Morgan fingerprint density at radius 3 is 1.00 bits per heavy atom. The molecule has 0 radical (unpaired) electrons. The maximum Gasteiger partial charge on any atom is 0.310 e. The minimum atomic E-state index is -0.974. The topological polar surface area (TPSA) is 173 Å². The molecule has 12 heteroatoms. The molecule has 0 fully saturated rings. The second-order valence-electron chi connectivity index (χ2n) is 33.8. The number of carboxylic acids is 2. The van der Waals surface area contributed by atoms with Gasteiger partial charge in [0, 0.05) is 50.3 Å². The van der Waals surface area contributed by atoms with E-state index in [1.807, 2.05) is 19.9 Å². The van der Waals surface area contributed by atoms with Crippen LogP contribution in [0.4, 0.5) is 0 Å². The first-order chi connectivity index (χ1) is 55.1. The molecule has 0 spiro atoms. The van der Waals surface area contributed by atoms with E-state index in [-0.39, 0.29) is 6.42 Å². The summed E-state index contributed by atoms with van der Waals surface area (Å²) >= 11 is 0. The lowest BCUT2D eigenvalue weighted by atomic mass is 9.77. The molecule has 2 aliphatic rings. The summed E-state index contributed by atoms with van der Waals surface area (Å²) in [4.78, 5) is 67.9. The van der Waals surface area contributed by atoms with Crippen LogP contribution >= 0.6 is 0 Å². The number of aromatic nitrogens is 8. The zero-order valence-corrected chi connectivity index (χ0v) is 71.8. The summed E-state index contributed by atoms with van der Waals surface area (Å²) in [7, 11) is 0. The Balaban J connectivity index is 1.45. The predicted octanol–water partition coefficient (Wildman–Crippen LogP) is 30.1. The third-order valence-electron chi connectivity index (χ3n) is 25.0. The lowest BCUT2D eigenvalue weighted by Crippen LogP contribution is -2.21. The van der Waals surface area contributed by atoms with Gasteiger partial charge in [0.05, 0.1) is 11.8 Å². The zero-order valence-electron chi connectivity index (χ0n) is 71.8. The number of hydrogen-bond donors (Lipinski definition) is 3. The molecular weight excluding hydrogens is 1380 g/mol. The Morgan fingerprint density at radius 1 is 0.330 bits per heavy atom. The first-order valence-corrected chi connectivity index (χ1v) is 46.9. The molecule has 614 valence electrons. The second-order valence-corrected chi connectivity index (χ2v) is 33.8. The van der Waals surface area contributed by atoms with E-state index in [0.29, 0.717) is 59.4 Å². The average molecular weight is 1530 g/mol. The number of H-pyrrole nitrogens is 1. The van der Waals surface area contributed by atoms with Crippen LogP contribution in [0.1, 0.15) is 427 Å². The van der Waals surface area contributed by atoms with Crippen LogP contribution in [0, 0.1) is 0 Å². The van der Waals surface area contributed by atoms with Crippen LogP contribution in [0.5, 0.6) is 0 Å². The standard InChI is InChI=1S/C100H150N8O4/c1-9-17-23-29-35-41-47-53-63-76-77(64-54-48-42-36-30-24-18-10-2)79(66-56-50-44-38-32-26-20-12-4)90-89(78(76)65-55-49-43-37-31-25-19-11-3)95-102-91-80-67-58-59-68-81(80)92(101-91)106-97-82-69-60-61-70-83(82)98(108(97)72-62-52-46-40-34-28-22-14-6)107-93-86-73-85(74(15-7)99(109)110)87(75(16-8)100(111)112)84(71-57-51-45-39-33-27-21-13-5)88(86)94(103-93)104-96(90)105-95/h58-61,67-70,73-75H,9-57,62-66,71-72H2,1-8H3,(H,109,110)(H,111,112)(H,101,102,103,104,105,106,107). The lowest BCUT2D eigenvalue weighted by Gasteiger charge is -2.26. The van der Waals surface area contributed by atoms with Crippen molar-refractivity contribution in [1.29, 1.82) is 0 Å². The molecular formula is C100H150N8O4. The minimum Gasteiger partial charge on any atom is -0.481 e. The van der Waals surface area contributed by atoms with Crippen molar-refractivity contribution in [2.75, 3.05) is 0 Å². The number of nitrogens with zero attached hydrogens (tertiary/aromatic N) is 7. The monoisotopic (exact) mass is 1530 g/mol. The van der Waals surface area contributed by atoms with Crippen molar-refractivity contribution in [2.45, 2.75) is 427 Å². The average Bonchev–Trinajstić information content (AvgIpc) is 1.19. The highest BCUT2D eigenvalue weighted by molar-refractivity contribution is 6.10. The molecule has 7 aromatic rings. The van der Waals surface area contributed by atoms with Gasteiger partial charge in [0.1, 0.15) is 22.6 Å². The smallest absolute Gasteiger partial charge is 0.310 e. The SMILES string of the molecule is CCCCCCCCCCc1c2c(cc(C(CC)C(=O)O)c1C(CC)C(=O)O)-c1nc-2nc2[nH]c(nc3nc(nc4c5ccccc5c(n1)n4CCCCCCCCCC)-c1ccccc1-3)c1c(CCCCCCCCCC)c(CCCCCCCCCC)c(CCCCCCCCCC)c(CCCCCCCCCC)c21. The maximum atomic E-state index is 14.3. The van der Waals surface area contributed by atoms with Gasteiger partial charge < -0.3 is 19.8 Å². The molecule has 2 unspecified atom stereocenters. The van der Waals surface area contributed by atoms with E-state index in [9.17, 15) is 19.8 Å². The van der Waals surface area contributed by atoms with Crippen molar-refractivity contribution < 1.29 is 19.8 Å². The van der Waals surface area contributed by atoms with Gasteiger partial charge in [0.25, 0.3) is 0 Å². The molecule has 4 aromatic carbocycles. The van der Waals surface area contributed by atoms with E-state index >= 15 is 0 Å². The van der Waals surface area contributed by atoms with Gasteiger partial charge in [0.15, 0.2) is 23.3 Å². The molecule has 5 heterocycles. The van der Waals surface area contributed by atoms with Crippen molar-refractivity contribution in [3.63, 3.8) is 0 Å². The van der Waals surface area contributed by atoms with Gasteiger partial charge in [-0.15, -0.1) is 0 Å². The first-order valence-electron chi connectivity index (χ1n) is 46.9. The highest BCUT2D eigenvalue weighted by Crippen LogP contribution is 2.48. The first kappa shape index (κ1) is 89.1. The Bertz CT molecular complexity index is 4160. The van der Waals surface area contributed by atoms with Gasteiger partial charge in [-0.1, -0.05) is 374 Å². The number of unbranched alkanes of at least 4 members (excludes halogenated alkanes) is 42. The van der Waals surface area contributed by atoms with Gasteiger partial charge in [-0.3, -0.25) is 9.59 Å². The number of hydrogen-bond acceptors (Lipinski definition) is 8. The fourth-order valence-electron chi connectivity index (χ4n) is 18.6.